The fourth-order valence-electron chi connectivity index (χ4n) is 3.03. The molecule has 1 atom stereocenters. The van der Waals surface area contributed by atoms with Gasteiger partial charge in [0.15, 0.2) is 5.78 Å². The van der Waals surface area contributed by atoms with Crippen molar-refractivity contribution in [2.24, 2.45) is 10.8 Å². The van der Waals surface area contributed by atoms with Gasteiger partial charge in [-0.15, -0.1) is 0 Å². The summed E-state index contributed by atoms with van der Waals surface area (Å²) in [5, 5.41) is 9.59. The van der Waals surface area contributed by atoms with Crippen LogP contribution in [-0.4, -0.2) is 5.78 Å². The van der Waals surface area contributed by atoms with Gasteiger partial charge in [-0.3, -0.25) is 4.79 Å². The van der Waals surface area contributed by atoms with Crippen LogP contribution in [0.5, 0.6) is 0 Å². The number of nitriles is 1. The largest absolute Gasteiger partial charge is 0.297 e. The zero-order valence-corrected chi connectivity index (χ0v) is 13.3. The average Bonchev–Trinajstić information content (AvgIpc) is 2.39. The van der Waals surface area contributed by atoms with Gasteiger partial charge in [-0.2, -0.15) is 5.26 Å². The van der Waals surface area contributed by atoms with Gasteiger partial charge in [0.2, 0.25) is 0 Å². The molecule has 0 aliphatic heterocycles. The first-order valence-corrected chi connectivity index (χ1v) is 7.50. The summed E-state index contributed by atoms with van der Waals surface area (Å²) in [6, 6.07) is 6.61. The maximum absolute atomic E-state index is 13.4. The molecule has 0 heterocycles. The van der Waals surface area contributed by atoms with Gasteiger partial charge in [0.25, 0.3) is 0 Å². The molecule has 0 bridgehead atoms. The van der Waals surface area contributed by atoms with Crippen LogP contribution in [0, 0.1) is 28.0 Å². The van der Waals surface area contributed by atoms with Crippen LogP contribution in [0.4, 0.5) is 4.39 Å². The Morgan fingerprint density at radius 2 is 2.10 bits per heavy atom. The molecule has 4 heteroatoms. The Labute approximate surface area is 127 Å². The Morgan fingerprint density at radius 3 is 2.75 bits per heavy atom. The highest BCUT2D eigenvalue weighted by Gasteiger charge is 2.49. The molecule has 1 saturated carbocycles. The molecule has 106 valence electrons. The van der Waals surface area contributed by atoms with E-state index in [4.69, 9.17) is 0 Å². The first-order valence-electron chi connectivity index (χ1n) is 6.71. The fraction of sp³-hybridized carbons (Fsp3) is 0.500. The van der Waals surface area contributed by atoms with Crippen molar-refractivity contribution in [1.82, 2.24) is 0 Å². The molecule has 1 fully saturated rings. The second-order valence-corrected chi connectivity index (χ2v) is 7.03. The van der Waals surface area contributed by atoms with Crippen LogP contribution in [-0.2, 0) is 11.2 Å². The quantitative estimate of drug-likeness (QED) is 0.801. The molecular weight excluding hydrogens is 321 g/mol. The summed E-state index contributed by atoms with van der Waals surface area (Å²) in [5.41, 5.74) is -0.830. The molecule has 1 aromatic carbocycles. The molecule has 1 aliphatic carbocycles. The molecule has 1 unspecified atom stereocenters. The standard InChI is InChI=1S/C16H17BrFNO/c1-15(2)6-3-7-16(10-19,14(15)20)9-11-8-12(18)4-5-13(11)17/h4-5,8H,3,6-7,9H2,1-2H3. The molecule has 0 radical (unpaired) electrons. The lowest BCUT2D eigenvalue weighted by Crippen LogP contribution is -2.45. The van der Waals surface area contributed by atoms with Crippen LogP contribution in [0.3, 0.4) is 0 Å². The lowest BCUT2D eigenvalue weighted by atomic mass is 9.61. The van der Waals surface area contributed by atoms with Gasteiger partial charge < -0.3 is 0 Å². The highest BCUT2D eigenvalue weighted by molar-refractivity contribution is 9.10. The molecule has 1 aromatic rings. The molecule has 2 nitrogen and oxygen atoms in total. The van der Waals surface area contributed by atoms with Crippen LogP contribution in [0.1, 0.15) is 38.7 Å². The summed E-state index contributed by atoms with van der Waals surface area (Å²) in [4.78, 5) is 12.7. The number of nitrogens with zero attached hydrogens (tertiary/aromatic N) is 1. The second-order valence-electron chi connectivity index (χ2n) is 6.17. The molecule has 1 aliphatic rings. The average molecular weight is 338 g/mol. The number of hydrogen-bond acceptors (Lipinski definition) is 2. The van der Waals surface area contributed by atoms with Gasteiger partial charge in [0.1, 0.15) is 11.2 Å². The Kier molecular flexibility index (Phi) is 4.02. The van der Waals surface area contributed by atoms with E-state index in [0.29, 0.717) is 12.0 Å². The molecular formula is C16H17BrFNO. The molecule has 0 N–H and O–H groups in total. The summed E-state index contributed by atoms with van der Waals surface area (Å²) in [6.07, 6.45) is 2.47. The Hall–Kier alpha value is -1.21. The molecule has 20 heavy (non-hydrogen) atoms. The minimum Gasteiger partial charge on any atom is -0.297 e. The monoisotopic (exact) mass is 337 g/mol. The van der Waals surface area contributed by atoms with Crippen LogP contribution >= 0.6 is 15.9 Å². The van der Waals surface area contributed by atoms with Crippen molar-refractivity contribution >= 4 is 21.7 Å². The van der Waals surface area contributed by atoms with Crippen LogP contribution in [0.15, 0.2) is 22.7 Å². The molecule has 0 aromatic heterocycles. The van der Waals surface area contributed by atoms with Crippen molar-refractivity contribution in [3.05, 3.63) is 34.1 Å². The van der Waals surface area contributed by atoms with Gasteiger partial charge in [0, 0.05) is 9.89 Å². The molecule has 2 rings (SSSR count). The normalized spacial score (nSPS) is 25.2. The minimum absolute atomic E-state index is 0.0186. The molecule has 0 saturated heterocycles. The fourth-order valence-corrected chi connectivity index (χ4v) is 3.41. The summed E-state index contributed by atoms with van der Waals surface area (Å²) in [7, 11) is 0. The van der Waals surface area contributed by atoms with Crippen molar-refractivity contribution in [2.45, 2.75) is 39.5 Å². The van der Waals surface area contributed by atoms with E-state index in [1.54, 1.807) is 6.07 Å². The van der Waals surface area contributed by atoms with E-state index in [2.05, 4.69) is 22.0 Å². The topological polar surface area (TPSA) is 40.9 Å². The van der Waals surface area contributed by atoms with E-state index in [1.165, 1.54) is 12.1 Å². The minimum atomic E-state index is -1.03. The van der Waals surface area contributed by atoms with Gasteiger partial charge in [-0.25, -0.2) is 4.39 Å². The molecule has 0 amide bonds. The summed E-state index contributed by atoms with van der Waals surface area (Å²) in [5.74, 6) is -0.367. The van der Waals surface area contributed by atoms with Gasteiger partial charge in [0.05, 0.1) is 6.07 Å². The van der Waals surface area contributed by atoms with Crippen molar-refractivity contribution in [2.75, 3.05) is 0 Å². The first kappa shape index (κ1) is 15.2. The summed E-state index contributed by atoms with van der Waals surface area (Å²) >= 11 is 3.37. The maximum Gasteiger partial charge on any atom is 0.158 e. The third-order valence-corrected chi connectivity index (χ3v) is 4.94. The predicted octanol–water partition coefficient (Wildman–Crippen LogP) is 4.42. The molecule has 0 spiro atoms. The van der Waals surface area contributed by atoms with Crippen molar-refractivity contribution in [1.29, 1.82) is 5.26 Å². The summed E-state index contributed by atoms with van der Waals surface area (Å²) < 4.78 is 14.1. The summed E-state index contributed by atoms with van der Waals surface area (Å²) in [6.45, 7) is 3.78. The number of rotatable bonds is 2. The Balaban J connectivity index is 2.40. The van der Waals surface area contributed by atoms with Crippen molar-refractivity contribution in [3.63, 3.8) is 0 Å². The number of hydrogen-bond donors (Lipinski definition) is 0. The van der Waals surface area contributed by atoms with Crippen LogP contribution in [0.2, 0.25) is 0 Å². The van der Waals surface area contributed by atoms with Crippen molar-refractivity contribution in [3.8, 4) is 6.07 Å². The lowest BCUT2D eigenvalue weighted by Gasteiger charge is -2.39. The van der Waals surface area contributed by atoms with E-state index in [-0.39, 0.29) is 18.0 Å². The zero-order valence-electron chi connectivity index (χ0n) is 11.7. The number of benzene rings is 1. The van der Waals surface area contributed by atoms with Crippen LogP contribution in [0.25, 0.3) is 0 Å². The van der Waals surface area contributed by atoms with E-state index in [9.17, 15) is 14.4 Å². The third-order valence-electron chi connectivity index (χ3n) is 4.17. The van der Waals surface area contributed by atoms with Gasteiger partial charge in [-0.05, 0) is 43.0 Å². The number of ketones is 1. The zero-order chi connectivity index (χ0) is 15.0. The van der Waals surface area contributed by atoms with Crippen molar-refractivity contribution < 1.29 is 9.18 Å². The number of carbonyl (C=O) groups excluding carboxylic acids is 1. The second kappa shape index (κ2) is 5.29. The maximum atomic E-state index is 13.4. The van der Waals surface area contributed by atoms with E-state index < -0.39 is 10.8 Å². The van der Waals surface area contributed by atoms with Gasteiger partial charge >= 0.3 is 0 Å². The Morgan fingerprint density at radius 1 is 1.40 bits per heavy atom. The lowest BCUT2D eigenvalue weighted by molar-refractivity contribution is -0.138. The number of carbonyl (C=O) groups is 1. The Bertz CT molecular complexity index is 591. The highest BCUT2D eigenvalue weighted by Crippen LogP contribution is 2.45. The SMILES string of the molecule is CC1(C)CCCC(C#N)(Cc2cc(F)ccc2Br)C1=O. The third kappa shape index (κ3) is 2.64. The highest BCUT2D eigenvalue weighted by atomic mass is 79.9. The first-order chi connectivity index (χ1) is 9.31. The van der Waals surface area contributed by atoms with Gasteiger partial charge in [-0.1, -0.05) is 36.2 Å². The number of Topliss-reactive ketones (excluding diaryl/α,β-unsaturated/α-hetero) is 1. The van der Waals surface area contributed by atoms with E-state index >= 15 is 0 Å². The van der Waals surface area contributed by atoms with Crippen LogP contribution < -0.4 is 0 Å². The van der Waals surface area contributed by atoms with E-state index in [1.807, 2.05) is 13.8 Å². The van der Waals surface area contributed by atoms with E-state index in [0.717, 1.165) is 17.3 Å². The number of halogens is 2. The predicted molar refractivity (Wildman–Crippen MR) is 78.5 cm³/mol. The smallest absolute Gasteiger partial charge is 0.158 e.